The van der Waals surface area contributed by atoms with Gasteiger partial charge in [0.05, 0.1) is 0 Å². The molecule has 0 bridgehead atoms. The van der Waals surface area contributed by atoms with Crippen molar-refractivity contribution in [2.24, 2.45) is 11.7 Å². The van der Waals surface area contributed by atoms with Gasteiger partial charge in [-0.05, 0) is 35.1 Å². The maximum atomic E-state index is 6.19. The van der Waals surface area contributed by atoms with Crippen molar-refractivity contribution in [3.63, 3.8) is 0 Å². The van der Waals surface area contributed by atoms with Crippen LogP contribution in [0, 0.1) is 5.92 Å². The minimum Gasteiger partial charge on any atom is -0.327 e. The highest BCUT2D eigenvalue weighted by atomic mass is 14.6. The van der Waals surface area contributed by atoms with Crippen LogP contribution in [0.4, 0.5) is 0 Å². The molecule has 0 saturated heterocycles. The molecule has 88 valence electrons. The van der Waals surface area contributed by atoms with E-state index in [-0.39, 0.29) is 0 Å². The Hall–Kier alpha value is -1.34. The van der Waals surface area contributed by atoms with Gasteiger partial charge in [0, 0.05) is 6.04 Å². The Morgan fingerprint density at radius 3 is 2.59 bits per heavy atom. The lowest BCUT2D eigenvalue weighted by Gasteiger charge is -2.11. The lowest BCUT2D eigenvalue weighted by atomic mass is 9.99. The summed E-state index contributed by atoms with van der Waals surface area (Å²) in [5.74, 6) is 0.922. The van der Waals surface area contributed by atoms with Crippen molar-refractivity contribution >= 4 is 10.8 Å². The fourth-order valence-corrected chi connectivity index (χ4v) is 2.53. The lowest BCUT2D eigenvalue weighted by molar-refractivity contribution is 0.567. The van der Waals surface area contributed by atoms with Gasteiger partial charge in [0.25, 0.3) is 0 Å². The predicted octanol–water partition coefficient (Wildman–Crippen LogP) is 3.51. The third kappa shape index (κ3) is 2.67. The van der Waals surface area contributed by atoms with Crippen LogP contribution in [0.3, 0.4) is 0 Å². The molecule has 1 aliphatic rings. The smallest absolute Gasteiger partial charge is 0.00819 e. The SMILES string of the molecule is NC(Cc1ccc2ccccc2c1)CC1CC1. The number of rotatable bonds is 4. The van der Waals surface area contributed by atoms with E-state index in [2.05, 4.69) is 42.5 Å². The number of fused-ring (bicyclic) bond motifs is 1. The average molecular weight is 225 g/mol. The number of benzene rings is 2. The van der Waals surface area contributed by atoms with Gasteiger partial charge >= 0.3 is 0 Å². The summed E-state index contributed by atoms with van der Waals surface area (Å²) in [7, 11) is 0. The summed E-state index contributed by atoms with van der Waals surface area (Å²) >= 11 is 0. The molecule has 1 saturated carbocycles. The molecule has 2 aromatic carbocycles. The zero-order valence-electron chi connectivity index (χ0n) is 10.1. The zero-order valence-corrected chi connectivity index (χ0v) is 10.1. The molecular weight excluding hydrogens is 206 g/mol. The highest BCUT2D eigenvalue weighted by molar-refractivity contribution is 5.82. The first-order chi connectivity index (χ1) is 8.31. The van der Waals surface area contributed by atoms with Crippen LogP contribution >= 0.6 is 0 Å². The fourth-order valence-electron chi connectivity index (χ4n) is 2.53. The van der Waals surface area contributed by atoms with E-state index in [1.807, 2.05) is 0 Å². The average Bonchev–Trinajstić information content (AvgIpc) is 3.12. The molecule has 2 N–H and O–H groups in total. The second kappa shape index (κ2) is 4.50. The molecule has 1 heteroatoms. The molecule has 0 heterocycles. The Morgan fingerprint density at radius 1 is 1.06 bits per heavy atom. The van der Waals surface area contributed by atoms with Crippen molar-refractivity contribution < 1.29 is 0 Å². The summed E-state index contributed by atoms with van der Waals surface area (Å²) in [6, 6.07) is 15.5. The summed E-state index contributed by atoms with van der Waals surface area (Å²) in [6.07, 6.45) is 5.00. The summed E-state index contributed by atoms with van der Waals surface area (Å²) in [5, 5.41) is 2.63. The van der Waals surface area contributed by atoms with E-state index in [0.29, 0.717) is 6.04 Å². The molecule has 0 spiro atoms. The molecule has 1 nitrogen and oxygen atoms in total. The van der Waals surface area contributed by atoms with Crippen LogP contribution in [0.2, 0.25) is 0 Å². The van der Waals surface area contributed by atoms with E-state index in [0.717, 1.165) is 12.3 Å². The summed E-state index contributed by atoms with van der Waals surface area (Å²) in [5.41, 5.74) is 7.56. The first-order valence-corrected chi connectivity index (χ1v) is 6.54. The minimum absolute atomic E-state index is 0.337. The van der Waals surface area contributed by atoms with Gasteiger partial charge < -0.3 is 5.73 Å². The Labute approximate surface area is 103 Å². The largest absolute Gasteiger partial charge is 0.327 e. The molecule has 0 aliphatic heterocycles. The van der Waals surface area contributed by atoms with Gasteiger partial charge in [-0.15, -0.1) is 0 Å². The van der Waals surface area contributed by atoms with Crippen LogP contribution in [0.15, 0.2) is 42.5 Å². The standard InChI is InChI=1S/C16H19N/c17-16(10-12-5-6-12)11-13-7-8-14-3-1-2-4-15(14)9-13/h1-4,7-9,12,16H,5-6,10-11,17H2. The van der Waals surface area contributed by atoms with Crippen molar-refractivity contribution in [1.82, 2.24) is 0 Å². The monoisotopic (exact) mass is 225 g/mol. The number of hydrogen-bond donors (Lipinski definition) is 1. The van der Waals surface area contributed by atoms with Gasteiger partial charge in [-0.2, -0.15) is 0 Å². The summed E-state index contributed by atoms with van der Waals surface area (Å²) < 4.78 is 0. The topological polar surface area (TPSA) is 26.0 Å². The second-order valence-corrected chi connectivity index (χ2v) is 5.32. The molecule has 1 unspecified atom stereocenters. The predicted molar refractivity (Wildman–Crippen MR) is 73.0 cm³/mol. The first kappa shape index (κ1) is 10.8. The van der Waals surface area contributed by atoms with E-state index >= 15 is 0 Å². The first-order valence-electron chi connectivity index (χ1n) is 6.54. The highest BCUT2D eigenvalue weighted by Crippen LogP contribution is 2.33. The normalized spacial score (nSPS) is 17.2. The van der Waals surface area contributed by atoms with Crippen LogP contribution in [0.5, 0.6) is 0 Å². The highest BCUT2D eigenvalue weighted by Gasteiger charge is 2.23. The van der Waals surface area contributed by atoms with Gasteiger partial charge in [-0.1, -0.05) is 55.3 Å². The van der Waals surface area contributed by atoms with Gasteiger partial charge in [0.2, 0.25) is 0 Å². The van der Waals surface area contributed by atoms with E-state index < -0.39 is 0 Å². The quantitative estimate of drug-likeness (QED) is 0.846. The van der Waals surface area contributed by atoms with Gasteiger partial charge in [-0.25, -0.2) is 0 Å². The van der Waals surface area contributed by atoms with Crippen LogP contribution in [-0.4, -0.2) is 6.04 Å². The van der Waals surface area contributed by atoms with Crippen LogP contribution in [-0.2, 0) is 6.42 Å². The molecule has 1 atom stereocenters. The molecule has 0 amide bonds. The van der Waals surface area contributed by atoms with E-state index in [4.69, 9.17) is 5.73 Å². The number of nitrogens with two attached hydrogens (primary N) is 1. The van der Waals surface area contributed by atoms with Crippen molar-refractivity contribution in [3.05, 3.63) is 48.0 Å². The van der Waals surface area contributed by atoms with Gasteiger partial charge in [0.1, 0.15) is 0 Å². The van der Waals surface area contributed by atoms with Gasteiger partial charge in [0.15, 0.2) is 0 Å². The summed E-state index contributed by atoms with van der Waals surface area (Å²) in [4.78, 5) is 0. The van der Waals surface area contributed by atoms with E-state index in [1.54, 1.807) is 0 Å². The Kier molecular flexibility index (Phi) is 2.86. The zero-order chi connectivity index (χ0) is 11.7. The Balaban J connectivity index is 1.75. The minimum atomic E-state index is 0.337. The second-order valence-electron chi connectivity index (χ2n) is 5.32. The van der Waals surface area contributed by atoms with Crippen LogP contribution in [0.25, 0.3) is 10.8 Å². The van der Waals surface area contributed by atoms with Gasteiger partial charge in [-0.3, -0.25) is 0 Å². The number of hydrogen-bond acceptors (Lipinski definition) is 1. The molecule has 0 aromatic heterocycles. The maximum absolute atomic E-state index is 6.19. The lowest BCUT2D eigenvalue weighted by Crippen LogP contribution is -2.23. The Bertz CT molecular complexity index is 514. The molecular formula is C16H19N. The molecule has 1 fully saturated rings. The third-order valence-corrected chi connectivity index (χ3v) is 3.64. The van der Waals surface area contributed by atoms with Crippen molar-refractivity contribution in [3.8, 4) is 0 Å². The molecule has 3 rings (SSSR count). The third-order valence-electron chi connectivity index (χ3n) is 3.64. The molecule has 17 heavy (non-hydrogen) atoms. The van der Waals surface area contributed by atoms with Crippen LogP contribution in [0.1, 0.15) is 24.8 Å². The maximum Gasteiger partial charge on any atom is 0.00819 e. The van der Waals surface area contributed by atoms with Crippen molar-refractivity contribution in [2.75, 3.05) is 0 Å². The Morgan fingerprint density at radius 2 is 1.82 bits per heavy atom. The van der Waals surface area contributed by atoms with E-state index in [9.17, 15) is 0 Å². The van der Waals surface area contributed by atoms with Crippen LogP contribution < -0.4 is 5.73 Å². The fraction of sp³-hybridized carbons (Fsp3) is 0.375. The summed E-state index contributed by atoms with van der Waals surface area (Å²) in [6.45, 7) is 0. The molecule has 1 aliphatic carbocycles. The van der Waals surface area contributed by atoms with Crippen molar-refractivity contribution in [2.45, 2.75) is 31.7 Å². The van der Waals surface area contributed by atoms with E-state index in [1.165, 1.54) is 35.6 Å². The van der Waals surface area contributed by atoms with Crippen molar-refractivity contribution in [1.29, 1.82) is 0 Å². The molecule has 0 radical (unpaired) electrons. The molecule has 2 aromatic rings.